The van der Waals surface area contributed by atoms with E-state index >= 15 is 0 Å². The Kier molecular flexibility index (Phi) is 2.99. The zero-order chi connectivity index (χ0) is 14.1. The number of para-hydroxylation sites is 1. The molecule has 0 unspecified atom stereocenters. The van der Waals surface area contributed by atoms with Gasteiger partial charge in [-0.1, -0.05) is 18.2 Å². The van der Waals surface area contributed by atoms with Crippen molar-refractivity contribution < 1.29 is 9.13 Å². The normalized spacial score (nSPS) is 10.7. The minimum absolute atomic E-state index is 0.259. The number of hydrogen-bond donors (Lipinski definition) is 1. The number of aryl methyl sites for hydroxylation is 1. The Hall–Kier alpha value is -2.62. The Bertz CT molecular complexity index is 787. The lowest BCUT2D eigenvalue weighted by molar-refractivity contribution is 0.487. The summed E-state index contributed by atoms with van der Waals surface area (Å²) >= 11 is 0. The van der Waals surface area contributed by atoms with Crippen LogP contribution < -0.4 is 10.5 Å². The maximum absolute atomic E-state index is 13.0. The summed E-state index contributed by atoms with van der Waals surface area (Å²) in [5.41, 5.74) is 7.68. The average molecular weight is 268 g/mol. The first-order chi connectivity index (χ1) is 9.63. The van der Waals surface area contributed by atoms with Crippen LogP contribution in [0.25, 0.3) is 10.9 Å². The quantitative estimate of drug-likeness (QED) is 0.713. The number of rotatable bonds is 2. The summed E-state index contributed by atoms with van der Waals surface area (Å²) < 4.78 is 18.8. The molecule has 3 nitrogen and oxygen atoms in total. The van der Waals surface area contributed by atoms with Gasteiger partial charge < -0.3 is 10.5 Å². The van der Waals surface area contributed by atoms with Crippen LogP contribution >= 0.6 is 0 Å². The molecule has 1 heterocycles. The van der Waals surface area contributed by atoms with E-state index in [9.17, 15) is 4.39 Å². The molecular formula is C16H13FN2O. The number of anilines is 1. The van der Waals surface area contributed by atoms with Crippen molar-refractivity contribution >= 4 is 16.6 Å². The molecule has 0 aliphatic heterocycles. The molecule has 0 saturated carbocycles. The van der Waals surface area contributed by atoms with Crippen LogP contribution in [0.15, 0.2) is 48.5 Å². The van der Waals surface area contributed by atoms with Crippen molar-refractivity contribution in [3.05, 3.63) is 60.0 Å². The Morgan fingerprint density at radius 3 is 2.70 bits per heavy atom. The van der Waals surface area contributed by atoms with Crippen molar-refractivity contribution in [2.24, 2.45) is 0 Å². The summed E-state index contributed by atoms with van der Waals surface area (Å²) in [6.45, 7) is 1.92. The maximum Gasteiger partial charge on any atom is 0.153 e. The van der Waals surface area contributed by atoms with E-state index in [1.54, 1.807) is 0 Å². The number of fused-ring (bicyclic) bond motifs is 1. The van der Waals surface area contributed by atoms with Crippen LogP contribution in [0.5, 0.6) is 11.5 Å². The monoisotopic (exact) mass is 268 g/mol. The Morgan fingerprint density at radius 1 is 1.05 bits per heavy atom. The van der Waals surface area contributed by atoms with Gasteiger partial charge in [0, 0.05) is 17.1 Å². The predicted octanol–water partition coefficient (Wildman–Crippen LogP) is 4.06. The van der Waals surface area contributed by atoms with Crippen LogP contribution in [0.2, 0.25) is 0 Å². The molecule has 0 aliphatic rings. The Balaban J connectivity index is 2.08. The third-order valence-corrected chi connectivity index (χ3v) is 3.01. The van der Waals surface area contributed by atoms with Crippen LogP contribution in [-0.2, 0) is 0 Å². The molecule has 1 aromatic heterocycles. The van der Waals surface area contributed by atoms with Crippen LogP contribution in [0.3, 0.4) is 0 Å². The first kappa shape index (κ1) is 12.4. The third-order valence-electron chi connectivity index (χ3n) is 3.01. The molecule has 0 aliphatic carbocycles. The highest BCUT2D eigenvalue weighted by Gasteiger charge is 2.08. The molecule has 0 saturated heterocycles. The van der Waals surface area contributed by atoms with Crippen LogP contribution in [0.4, 0.5) is 10.1 Å². The molecule has 3 aromatic rings. The fraction of sp³-hybridized carbons (Fsp3) is 0.0625. The van der Waals surface area contributed by atoms with Gasteiger partial charge in [0.05, 0.1) is 5.69 Å². The first-order valence-electron chi connectivity index (χ1n) is 6.23. The smallest absolute Gasteiger partial charge is 0.153 e. The van der Waals surface area contributed by atoms with Crippen LogP contribution in [-0.4, -0.2) is 4.98 Å². The average Bonchev–Trinajstić information content (AvgIpc) is 2.42. The number of aromatic nitrogens is 1. The summed E-state index contributed by atoms with van der Waals surface area (Å²) in [6, 6.07) is 13.7. The molecule has 0 bridgehead atoms. The fourth-order valence-electron chi connectivity index (χ4n) is 2.03. The van der Waals surface area contributed by atoms with E-state index in [4.69, 9.17) is 10.5 Å². The first-order valence-corrected chi connectivity index (χ1v) is 6.23. The van der Waals surface area contributed by atoms with Crippen LogP contribution in [0.1, 0.15) is 5.69 Å². The molecule has 100 valence electrons. The largest absolute Gasteiger partial charge is 0.453 e. The van der Waals surface area contributed by atoms with Gasteiger partial charge in [0.1, 0.15) is 11.3 Å². The number of pyridine rings is 1. The van der Waals surface area contributed by atoms with Gasteiger partial charge in [-0.05, 0) is 31.2 Å². The second-order valence-electron chi connectivity index (χ2n) is 4.56. The van der Waals surface area contributed by atoms with Crippen molar-refractivity contribution in [3.8, 4) is 11.5 Å². The zero-order valence-corrected chi connectivity index (χ0v) is 10.9. The van der Waals surface area contributed by atoms with E-state index in [1.807, 2.05) is 37.3 Å². The lowest BCUT2D eigenvalue weighted by Gasteiger charge is -2.10. The zero-order valence-electron chi connectivity index (χ0n) is 10.9. The summed E-state index contributed by atoms with van der Waals surface area (Å²) in [7, 11) is 0. The molecule has 0 amide bonds. The van der Waals surface area contributed by atoms with Gasteiger partial charge in [-0.3, -0.25) is 0 Å². The van der Waals surface area contributed by atoms with Crippen molar-refractivity contribution in [1.29, 1.82) is 0 Å². The molecule has 0 atom stereocenters. The van der Waals surface area contributed by atoms with Crippen molar-refractivity contribution in [3.63, 3.8) is 0 Å². The Labute approximate surface area is 115 Å². The number of benzene rings is 2. The molecule has 2 aromatic carbocycles. The molecular weight excluding hydrogens is 255 g/mol. The summed E-state index contributed by atoms with van der Waals surface area (Å²) in [4.78, 5) is 4.48. The van der Waals surface area contributed by atoms with Gasteiger partial charge in [0.2, 0.25) is 0 Å². The Morgan fingerprint density at radius 2 is 1.90 bits per heavy atom. The highest BCUT2D eigenvalue weighted by Crippen LogP contribution is 2.32. The summed E-state index contributed by atoms with van der Waals surface area (Å²) in [5, 5.41) is 0.980. The number of hydrogen-bond acceptors (Lipinski definition) is 3. The predicted molar refractivity (Wildman–Crippen MR) is 77.4 cm³/mol. The molecule has 2 N–H and O–H groups in total. The highest BCUT2D eigenvalue weighted by atomic mass is 19.1. The fourth-order valence-corrected chi connectivity index (χ4v) is 2.03. The molecule has 0 spiro atoms. The van der Waals surface area contributed by atoms with Gasteiger partial charge in [0.25, 0.3) is 0 Å². The standard InChI is InChI=1S/C16H13FN2O/c1-10-5-6-11-3-2-4-15(16(11)19-10)20-14-8-7-12(17)9-13(14)18/h2-9H,18H2,1H3. The number of nitrogen functional groups attached to an aromatic ring is 1. The van der Waals surface area contributed by atoms with Gasteiger partial charge in [-0.25, -0.2) is 9.37 Å². The van der Waals surface area contributed by atoms with E-state index < -0.39 is 0 Å². The highest BCUT2D eigenvalue weighted by molar-refractivity contribution is 5.85. The van der Waals surface area contributed by atoms with Crippen molar-refractivity contribution in [2.45, 2.75) is 6.92 Å². The number of nitrogens with two attached hydrogens (primary N) is 1. The van der Waals surface area contributed by atoms with Crippen molar-refractivity contribution in [1.82, 2.24) is 4.98 Å². The number of nitrogens with zero attached hydrogens (tertiary/aromatic N) is 1. The molecule has 3 rings (SSSR count). The van der Waals surface area contributed by atoms with Gasteiger partial charge >= 0.3 is 0 Å². The van der Waals surface area contributed by atoms with E-state index in [2.05, 4.69) is 4.98 Å². The second kappa shape index (κ2) is 4.81. The minimum Gasteiger partial charge on any atom is -0.453 e. The van der Waals surface area contributed by atoms with Gasteiger partial charge in [0.15, 0.2) is 11.5 Å². The van der Waals surface area contributed by atoms with E-state index in [1.165, 1.54) is 18.2 Å². The van der Waals surface area contributed by atoms with E-state index in [0.29, 0.717) is 11.5 Å². The lowest BCUT2D eigenvalue weighted by Crippen LogP contribution is -1.94. The topological polar surface area (TPSA) is 48.1 Å². The minimum atomic E-state index is -0.387. The SMILES string of the molecule is Cc1ccc2cccc(Oc3ccc(F)cc3N)c2n1. The maximum atomic E-state index is 13.0. The van der Waals surface area contributed by atoms with E-state index in [0.717, 1.165) is 16.6 Å². The molecule has 0 fully saturated rings. The van der Waals surface area contributed by atoms with Crippen LogP contribution in [0, 0.1) is 12.7 Å². The number of halogens is 1. The van der Waals surface area contributed by atoms with Gasteiger partial charge in [-0.15, -0.1) is 0 Å². The molecule has 20 heavy (non-hydrogen) atoms. The second-order valence-corrected chi connectivity index (χ2v) is 4.56. The molecule has 0 radical (unpaired) electrons. The lowest BCUT2D eigenvalue weighted by atomic mass is 10.2. The van der Waals surface area contributed by atoms with Crippen molar-refractivity contribution in [2.75, 3.05) is 5.73 Å². The summed E-state index contributed by atoms with van der Waals surface area (Å²) in [6.07, 6.45) is 0. The van der Waals surface area contributed by atoms with E-state index in [-0.39, 0.29) is 11.5 Å². The molecule has 4 heteroatoms. The third kappa shape index (κ3) is 2.28. The summed E-state index contributed by atoms with van der Waals surface area (Å²) in [5.74, 6) is 0.633. The van der Waals surface area contributed by atoms with Gasteiger partial charge in [-0.2, -0.15) is 0 Å². The number of ether oxygens (including phenoxy) is 1.